The Labute approximate surface area is 123 Å². The Morgan fingerprint density at radius 2 is 1.85 bits per heavy atom. The number of aliphatic hydroxyl groups excluding tert-OH is 1. The monoisotopic (exact) mass is 276 g/mol. The van der Waals surface area contributed by atoms with Crippen LogP contribution in [-0.4, -0.2) is 17.8 Å². The first kappa shape index (κ1) is 16.9. The van der Waals surface area contributed by atoms with Crippen LogP contribution in [0.2, 0.25) is 0 Å². The predicted molar refractivity (Wildman–Crippen MR) is 84.6 cm³/mol. The highest BCUT2D eigenvalue weighted by Crippen LogP contribution is 2.05. The van der Waals surface area contributed by atoms with Gasteiger partial charge in [0, 0.05) is 0 Å². The first-order valence-corrected chi connectivity index (χ1v) is 7.77. The van der Waals surface area contributed by atoms with E-state index in [0.29, 0.717) is 13.2 Å². The van der Waals surface area contributed by atoms with Crippen LogP contribution in [0.3, 0.4) is 0 Å². The molecule has 0 heterocycles. The van der Waals surface area contributed by atoms with E-state index in [4.69, 9.17) is 4.74 Å². The van der Waals surface area contributed by atoms with E-state index < -0.39 is 0 Å². The van der Waals surface area contributed by atoms with Crippen molar-refractivity contribution in [3.63, 3.8) is 0 Å². The van der Waals surface area contributed by atoms with Gasteiger partial charge in [-0.25, -0.2) is 0 Å². The van der Waals surface area contributed by atoms with Gasteiger partial charge in [0.05, 0.1) is 19.3 Å². The molecule has 1 atom stereocenters. The van der Waals surface area contributed by atoms with Crippen molar-refractivity contribution in [2.24, 2.45) is 0 Å². The minimum absolute atomic E-state index is 0.362. The molecule has 0 saturated heterocycles. The zero-order valence-corrected chi connectivity index (χ0v) is 12.6. The topological polar surface area (TPSA) is 29.5 Å². The molecule has 2 heteroatoms. The fourth-order valence-corrected chi connectivity index (χ4v) is 2.01. The molecule has 0 spiro atoms. The van der Waals surface area contributed by atoms with E-state index >= 15 is 0 Å². The maximum absolute atomic E-state index is 9.81. The van der Waals surface area contributed by atoms with Crippen molar-refractivity contribution in [3.8, 4) is 0 Å². The fourth-order valence-electron chi connectivity index (χ4n) is 2.01. The van der Waals surface area contributed by atoms with Gasteiger partial charge in [0.25, 0.3) is 0 Å². The molecule has 1 unspecified atom stereocenters. The summed E-state index contributed by atoms with van der Waals surface area (Å²) in [6.07, 6.45) is 10.8. The van der Waals surface area contributed by atoms with Crippen LogP contribution in [0.15, 0.2) is 42.5 Å². The van der Waals surface area contributed by atoms with E-state index in [-0.39, 0.29) is 6.10 Å². The molecular formula is C18H28O2. The molecule has 0 saturated carbocycles. The zero-order valence-electron chi connectivity index (χ0n) is 12.6. The van der Waals surface area contributed by atoms with Crippen LogP contribution in [0.5, 0.6) is 0 Å². The minimum Gasteiger partial charge on any atom is -0.391 e. The quantitative estimate of drug-likeness (QED) is 0.477. The number of hydrogen-bond acceptors (Lipinski definition) is 2. The molecule has 2 nitrogen and oxygen atoms in total. The lowest BCUT2D eigenvalue weighted by molar-refractivity contribution is 0.0250. The van der Waals surface area contributed by atoms with Gasteiger partial charge in [-0.1, -0.05) is 62.2 Å². The third kappa shape index (κ3) is 8.89. The molecule has 0 amide bonds. The number of allylic oxidation sites excluding steroid dienone is 2. The SMILES string of the molecule is CCCCC/C=C/CCC(O)COCc1ccccc1. The van der Waals surface area contributed by atoms with E-state index in [1.165, 1.54) is 19.3 Å². The molecule has 1 N–H and O–H groups in total. The predicted octanol–water partition coefficient (Wildman–Crippen LogP) is 4.48. The first-order valence-electron chi connectivity index (χ1n) is 7.77. The lowest BCUT2D eigenvalue weighted by Gasteiger charge is -2.10. The van der Waals surface area contributed by atoms with Gasteiger partial charge in [-0.15, -0.1) is 0 Å². The molecule has 0 aromatic heterocycles. The van der Waals surface area contributed by atoms with E-state index in [1.54, 1.807) is 0 Å². The lowest BCUT2D eigenvalue weighted by atomic mass is 10.1. The lowest BCUT2D eigenvalue weighted by Crippen LogP contribution is -2.14. The third-order valence-electron chi connectivity index (χ3n) is 3.23. The Morgan fingerprint density at radius 3 is 2.60 bits per heavy atom. The standard InChI is InChI=1S/C18H28O2/c1-2-3-4-5-6-7-11-14-18(19)16-20-15-17-12-9-8-10-13-17/h6-10,12-13,18-19H,2-5,11,14-16H2,1H3/b7-6+. The molecule has 0 radical (unpaired) electrons. The molecule has 0 aliphatic heterocycles. The van der Waals surface area contributed by atoms with Crippen LogP contribution in [0.25, 0.3) is 0 Å². The average Bonchev–Trinajstić information content (AvgIpc) is 2.47. The van der Waals surface area contributed by atoms with Gasteiger partial charge in [-0.05, 0) is 31.2 Å². The zero-order chi connectivity index (χ0) is 14.5. The maximum atomic E-state index is 9.81. The summed E-state index contributed by atoms with van der Waals surface area (Å²) < 4.78 is 5.52. The Balaban J connectivity index is 1.99. The third-order valence-corrected chi connectivity index (χ3v) is 3.23. The second kappa shape index (κ2) is 11.7. The van der Waals surface area contributed by atoms with Crippen LogP contribution in [0.4, 0.5) is 0 Å². The second-order valence-corrected chi connectivity index (χ2v) is 5.20. The van der Waals surface area contributed by atoms with E-state index in [2.05, 4.69) is 19.1 Å². The highest BCUT2D eigenvalue weighted by atomic mass is 16.5. The van der Waals surface area contributed by atoms with Gasteiger partial charge in [-0.3, -0.25) is 0 Å². The summed E-state index contributed by atoms with van der Waals surface area (Å²) in [5.74, 6) is 0. The van der Waals surface area contributed by atoms with Crippen molar-refractivity contribution < 1.29 is 9.84 Å². The van der Waals surface area contributed by atoms with Gasteiger partial charge in [0.1, 0.15) is 0 Å². The smallest absolute Gasteiger partial charge is 0.0776 e. The summed E-state index contributed by atoms with van der Waals surface area (Å²) in [6.45, 7) is 3.21. The van der Waals surface area contributed by atoms with Crippen molar-refractivity contribution in [1.29, 1.82) is 0 Å². The summed E-state index contributed by atoms with van der Waals surface area (Å²) in [7, 11) is 0. The first-order chi connectivity index (χ1) is 9.83. The molecule has 20 heavy (non-hydrogen) atoms. The van der Waals surface area contributed by atoms with Gasteiger partial charge >= 0.3 is 0 Å². The average molecular weight is 276 g/mol. The van der Waals surface area contributed by atoms with Crippen molar-refractivity contribution in [2.45, 2.75) is 58.2 Å². The molecule has 0 fully saturated rings. The minimum atomic E-state index is -0.362. The van der Waals surface area contributed by atoms with Crippen LogP contribution < -0.4 is 0 Å². The van der Waals surface area contributed by atoms with Crippen molar-refractivity contribution in [3.05, 3.63) is 48.0 Å². The van der Waals surface area contributed by atoms with E-state index in [0.717, 1.165) is 24.8 Å². The highest BCUT2D eigenvalue weighted by Gasteiger charge is 2.02. The molecule has 0 aliphatic rings. The number of ether oxygens (including phenoxy) is 1. The Morgan fingerprint density at radius 1 is 1.10 bits per heavy atom. The molecule has 112 valence electrons. The van der Waals surface area contributed by atoms with E-state index in [9.17, 15) is 5.11 Å². The van der Waals surface area contributed by atoms with Gasteiger partial charge in [0.15, 0.2) is 0 Å². The summed E-state index contributed by atoms with van der Waals surface area (Å²) in [5, 5.41) is 9.81. The number of rotatable bonds is 11. The van der Waals surface area contributed by atoms with Crippen molar-refractivity contribution >= 4 is 0 Å². The maximum Gasteiger partial charge on any atom is 0.0776 e. The molecule has 1 aromatic carbocycles. The Hall–Kier alpha value is -1.12. The second-order valence-electron chi connectivity index (χ2n) is 5.20. The summed E-state index contributed by atoms with van der Waals surface area (Å²) >= 11 is 0. The van der Waals surface area contributed by atoms with Crippen LogP contribution in [-0.2, 0) is 11.3 Å². The fraction of sp³-hybridized carbons (Fsp3) is 0.556. The van der Waals surface area contributed by atoms with Crippen LogP contribution in [0, 0.1) is 0 Å². The van der Waals surface area contributed by atoms with Crippen molar-refractivity contribution in [1.82, 2.24) is 0 Å². The number of benzene rings is 1. The number of aliphatic hydroxyl groups is 1. The van der Waals surface area contributed by atoms with Crippen LogP contribution >= 0.6 is 0 Å². The number of hydrogen-bond donors (Lipinski definition) is 1. The molecule has 0 aliphatic carbocycles. The molecule has 1 aromatic rings. The normalized spacial score (nSPS) is 12.9. The Bertz CT molecular complexity index is 346. The molecular weight excluding hydrogens is 248 g/mol. The largest absolute Gasteiger partial charge is 0.391 e. The van der Waals surface area contributed by atoms with Gasteiger partial charge in [0.2, 0.25) is 0 Å². The van der Waals surface area contributed by atoms with Crippen LogP contribution in [0.1, 0.15) is 51.0 Å². The van der Waals surface area contributed by atoms with Gasteiger partial charge < -0.3 is 9.84 Å². The number of unbranched alkanes of at least 4 members (excludes halogenated alkanes) is 3. The summed E-state index contributed by atoms with van der Waals surface area (Å²) in [6, 6.07) is 10.1. The van der Waals surface area contributed by atoms with E-state index in [1.807, 2.05) is 30.3 Å². The van der Waals surface area contributed by atoms with Crippen molar-refractivity contribution in [2.75, 3.05) is 6.61 Å². The molecule has 0 bridgehead atoms. The molecule has 1 rings (SSSR count). The highest BCUT2D eigenvalue weighted by molar-refractivity contribution is 5.13. The summed E-state index contributed by atoms with van der Waals surface area (Å²) in [5.41, 5.74) is 1.15. The summed E-state index contributed by atoms with van der Waals surface area (Å²) in [4.78, 5) is 0. The Kier molecular flexibility index (Phi) is 9.89. The van der Waals surface area contributed by atoms with Gasteiger partial charge in [-0.2, -0.15) is 0 Å².